The van der Waals surface area contributed by atoms with Gasteiger partial charge in [0.2, 0.25) is 23.5 Å². The molecule has 3 amide bonds. The predicted octanol–water partition coefficient (Wildman–Crippen LogP) is 1.94. The van der Waals surface area contributed by atoms with Crippen molar-refractivity contribution in [2.75, 3.05) is 6.54 Å². The Morgan fingerprint density at radius 3 is 2.31 bits per heavy atom. The lowest BCUT2D eigenvalue weighted by Crippen LogP contribution is -2.51. The highest BCUT2D eigenvalue weighted by Crippen LogP contribution is 2.36. The summed E-state index contributed by atoms with van der Waals surface area (Å²) >= 11 is 0. The Labute approximate surface area is 201 Å². The minimum atomic E-state index is -2.75. The zero-order valence-corrected chi connectivity index (χ0v) is 19.1. The van der Waals surface area contributed by atoms with Crippen molar-refractivity contribution >= 4 is 23.5 Å². The van der Waals surface area contributed by atoms with E-state index in [0.29, 0.717) is 5.69 Å². The van der Waals surface area contributed by atoms with Gasteiger partial charge in [-0.15, -0.1) is 0 Å². The lowest BCUT2D eigenvalue weighted by atomic mass is 9.86. The number of nitrogens with one attached hydrogen (secondary N) is 3. The fourth-order valence-electron chi connectivity index (χ4n) is 3.84. The number of Topliss-reactive ketones (excluding diaryl/α,β-unsaturated/α-hetero) is 1. The van der Waals surface area contributed by atoms with Crippen molar-refractivity contribution in [1.29, 1.82) is 0 Å². The molecule has 3 N–H and O–H groups in total. The predicted molar refractivity (Wildman–Crippen MR) is 123 cm³/mol. The molecule has 0 aliphatic heterocycles. The van der Waals surface area contributed by atoms with Crippen molar-refractivity contribution in [1.82, 2.24) is 20.9 Å². The molecule has 35 heavy (non-hydrogen) atoms. The number of carbonyl (C=O) groups excluding carboxylic acids is 4. The molecule has 8 nitrogen and oxygen atoms in total. The standard InChI is InChI=1S/C25H28F2N4O4/c26-25(27)11-9-18(10-12-25)23(34)30-16-21(32)31-20(14-17-6-2-1-3-7-17)22(33)24(35)29-15-19-8-4-5-13-28-19/h1-8,13,18,20H,9-12,14-16H2,(H,29,35)(H,30,34)(H,31,32)/t20-/m1/s1. The van der Waals surface area contributed by atoms with Gasteiger partial charge in [0.15, 0.2) is 0 Å². The van der Waals surface area contributed by atoms with Crippen LogP contribution in [0.1, 0.15) is 36.9 Å². The Balaban J connectivity index is 1.56. The average Bonchev–Trinajstić information content (AvgIpc) is 2.86. The first kappa shape index (κ1) is 25.9. The van der Waals surface area contributed by atoms with E-state index in [2.05, 4.69) is 20.9 Å². The highest BCUT2D eigenvalue weighted by atomic mass is 19.3. The summed E-state index contributed by atoms with van der Waals surface area (Å²) in [5.74, 6) is -6.18. The Morgan fingerprint density at radius 2 is 1.66 bits per heavy atom. The topological polar surface area (TPSA) is 117 Å². The van der Waals surface area contributed by atoms with Crippen LogP contribution in [0.3, 0.4) is 0 Å². The highest BCUT2D eigenvalue weighted by Gasteiger charge is 2.37. The van der Waals surface area contributed by atoms with Gasteiger partial charge in [-0.25, -0.2) is 8.78 Å². The van der Waals surface area contributed by atoms with Gasteiger partial charge in [-0.2, -0.15) is 0 Å². The molecule has 3 rings (SSSR count). The number of amides is 3. The van der Waals surface area contributed by atoms with Crippen LogP contribution in [0.25, 0.3) is 0 Å². The van der Waals surface area contributed by atoms with Gasteiger partial charge >= 0.3 is 0 Å². The second-order valence-electron chi connectivity index (χ2n) is 8.53. The van der Waals surface area contributed by atoms with Crippen molar-refractivity contribution in [3.05, 3.63) is 66.0 Å². The van der Waals surface area contributed by atoms with E-state index in [-0.39, 0.29) is 38.6 Å². The van der Waals surface area contributed by atoms with E-state index in [4.69, 9.17) is 0 Å². The summed E-state index contributed by atoms with van der Waals surface area (Å²) < 4.78 is 26.6. The molecule has 0 spiro atoms. The van der Waals surface area contributed by atoms with E-state index in [1.54, 1.807) is 54.7 Å². The number of aromatic nitrogens is 1. The number of carbonyl (C=O) groups is 4. The molecule has 1 fully saturated rings. The molecule has 1 aliphatic carbocycles. The number of pyridine rings is 1. The van der Waals surface area contributed by atoms with Crippen LogP contribution in [0.5, 0.6) is 0 Å². The molecule has 1 aliphatic rings. The fraction of sp³-hybridized carbons (Fsp3) is 0.400. The zero-order chi connectivity index (χ0) is 25.3. The molecule has 1 aromatic carbocycles. The second-order valence-corrected chi connectivity index (χ2v) is 8.53. The summed E-state index contributed by atoms with van der Waals surface area (Å²) in [5.41, 5.74) is 1.30. The highest BCUT2D eigenvalue weighted by molar-refractivity contribution is 6.38. The molecule has 2 aromatic rings. The number of hydrogen-bond donors (Lipinski definition) is 3. The van der Waals surface area contributed by atoms with E-state index in [9.17, 15) is 28.0 Å². The lowest BCUT2D eigenvalue weighted by molar-refractivity contribution is -0.140. The molecular weight excluding hydrogens is 458 g/mol. The summed E-state index contributed by atoms with van der Waals surface area (Å²) in [6.45, 7) is -0.381. The van der Waals surface area contributed by atoms with Crippen molar-refractivity contribution in [2.45, 2.75) is 50.6 Å². The largest absolute Gasteiger partial charge is 0.347 e. The first-order valence-electron chi connectivity index (χ1n) is 11.4. The minimum absolute atomic E-state index is 0.0476. The SMILES string of the molecule is O=C(CNC(=O)C1CCC(F)(F)CC1)N[C@H](Cc1ccccc1)C(=O)C(=O)NCc1ccccn1. The number of ketones is 1. The van der Waals surface area contributed by atoms with Gasteiger partial charge in [0.1, 0.15) is 6.04 Å². The monoisotopic (exact) mass is 486 g/mol. The second kappa shape index (κ2) is 12.1. The summed E-state index contributed by atoms with van der Waals surface area (Å²) in [4.78, 5) is 54.2. The number of halogens is 2. The van der Waals surface area contributed by atoms with Gasteiger partial charge in [-0.1, -0.05) is 36.4 Å². The van der Waals surface area contributed by atoms with Gasteiger partial charge in [-0.3, -0.25) is 24.2 Å². The summed E-state index contributed by atoms with van der Waals surface area (Å²) in [6, 6.07) is 12.9. The average molecular weight is 487 g/mol. The number of nitrogens with zero attached hydrogens (tertiary/aromatic N) is 1. The molecular formula is C25H28F2N4O4. The van der Waals surface area contributed by atoms with E-state index in [0.717, 1.165) is 5.56 Å². The third-order valence-corrected chi connectivity index (χ3v) is 5.83. The first-order valence-corrected chi connectivity index (χ1v) is 11.4. The maximum absolute atomic E-state index is 13.3. The molecule has 0 bridgehead atoms. The van der Waals surface area contributed by atoms with Gasteiger partial charge in [0.25, 0.3) is 5.91 Å². The Bertz CT molecular complexity index is 1020. The van der Waals surface area contributed by atoms with E-state index in [1.807, 2.05) is 0 Å². The molecule has 0 saturated heterocycles. The Kier molecular flexibility index (Phi) is 8.99. The van der Waals surface area contributed by atoms with E-state index < -0.39 is 47.9 Å². The van der Waals surface area contributed by atoms with Crippen molar-refractivity contribution < 1.29 is 28.0 Å². The van der Waals surface area contributed by atoms with Crippen LogP contribution in [-0.2, 0) is 32.1 Å². The molecule has 0 unspecified atom stereocenters. The van der Waals surface area contributed by atoms with Crippen LogP contribution in [0, 0.1) is 5.92 Å². The van der Waals surface area contributed by atoms with Crippen LogP contribution < -0.4 is 16.0 Å². The lowest BCUT2D eigenvalue weighted by Gasteiger charge is -2.27. The van der Waals surface area contributed by atoms with Gasteiger partial charge < -0.3 is 16.0 Å². The summed E-state index contributed by atoms with van der Waals surface area (Å²) in [6.07, 6.45) is 1.01. The smallest absolute Gasteiger partial charge is 0.289 e. The van der Waals surface area contributed by atoms with Crippen LogP contribution in [0.15, 0.2) is 54.7 Å². The third-order valence-electron chi connectivity index (χ3n) is 5.83. The molecule has 186 valence electrons. The normalized spacial score (nSPS) is 16.1. The van der Waals surface area contributed by atoms with Crippen molar-refractivity contribution in [3.63, 3.8) is 0 Å². The Hall–Kier alpha value is -3.69. The van der Waals surface area contributed by atoms with Gasteiger partial charge in [-0.05, 0) is 30.5 Å². The van der Waals surface area contributed by atoms with Crippen LogP contribution in [0.2, 0.25) is 0 Å². The zero-order valence-electron chi connectivity index (χ0n) is 19.1. The van der Waals surface area contributed by atoms with Gasteiger partial charge in [0.05, 0.1) is 18.8 Å². The molecule has 1 aromatic heterocycles. The molecule has 1 heterocycles. The molecule has 1 atom stereocenters. The molecule has 0 radical (unpaired) electrons. The van der Waals surface area contributed by atoms with Crippen LogP contribution in [0.4, 0.5) is 8.78 Å². The minimum Gasteiger partial charge on any atom is -0.347 e. The van der Waals surface area contributed by atoms with E-state index in [1.165, 1.54) is 0 Å². The number of rotatable bonds is 10. The van der Waals surface area contributed by atoms with Crippen LogP contribution in [-0.4, -0.2) is 47.0 Å². The van der Waals surface area contributed by atoms with Crippen LogP contribution >= 0.6 is 0 Å². The number of benzene rings is 1. The first-order chi connectivity index (χ1) is 16.7. The Morgan fingerprint density at radius 1 is 0.971 bits per heavy atom. The van der Waals surface area contributed by atoms with Crippen molar-refractivity contribution in [2.24, 2.45) is 5.92 Å². The quantitative estimate of drug-likeness (QED) is 0.444. The summed E-state index contributed by atoms with van der Waals surface area (Å²) in [7, 11) is 0. The number of hydrogen-bond acceptors (Lipinski definition) is 5. The number of alkyl halides is 2. The molecule has 1 saturated carbocycles. The molecule has 10 heteroatoms. The maximum Gasteiger partial charge on any atom is 0.289 e. The summed E-state index contributed by atoms with van der Waals surface area (Å²) in [5, 5.41) is 7.47. The third kappa shape index (κ3) is 8.24. The van der Waals surface area contributed by atoms with Gasteiger partial charge in [0, 0.05) is 31.4 Å². The fourth-order valence-corrected chi connectivity index (χ4v) is 3.84. The van der Waals surface area contributed by atoms with Crippen molar-refractivity contribution in [3.8, 4) is 0 Å². The maximum atomic E-state index is 13.3. The van der Waals surface area contributed by atoms with E-state index >= 15 is 0 Å².